The third-order valence-electron chi connectivity index (χ3n) is 2.48. The molecule has 0 saturated carbocycles. The van der Waals surface area contributed by atoms with Gasteiger partial charge in [0, 0.05) is 6.54 Å². The Bertz CT molecular complexity index is 527. The van der Waals surface area contributed by atoms with E-state index < -0.39 is 0 Å². The molecule has 2 rings (SSSR count). The average molecular weight is 230 g/mol. The number of phenolic OH excluding ortho intramolecular Hbond substituents is 2. The number of anilines is 2. The topological polar surface area (TPSA) is 78.5 Å². The molecule has 88 valence electrons. The van der Waals surface area contributed by atoms with Crippen LogP contribution in [0.25, 0.3) is 0 Å². The minimum Gasteiger partial charge on any atom is -0.506 e. The molecule has 0 aliphatic heterocycles. The summed E-state index contributed by atoms with van der Waals surface area (Å²) in [5.41, 5.74) is 7.54. The van der Waals surface area contributed by atoms with E-state index in [1.807, 2.05) is 6.07 Å². The van der Waals surface area contributed by atoms with E-state index >= 15 is 0 Å². The highest BCUT2D eigenvalue weighted by Crippen LogP contribution is 2.24. The summed E-state index contributed by atoms with van der Waals surface area (Å²) < 4.78 is 0. The number of nitrogens with one attached hydrogen (secondary N) is 1. The summed E-state index contributed by atoms with van der Waals surface area (Å²) in [6.07, 6.45) is 0. The van der Waals surface area contributed by atoms with Crippen LogP contribution in [-0.4, -0.2) is 10.2 Å². The summed E-state index contributed by atoms with van der Waals surface area (Å²) in [4.78, 5) is 0. The van der Waals surface area contributed by atoms with E-state index in [1.54, 1.807) is 36.4 Å². The fraction of sp³-hybridized carbons (Fsp3) is 0.0769. The van der Waals surface area contributed by atoms with E-state index in [0.29, 0.717) is 17.9 Å². The Hall–Kier alpha value is -2.36. The van der Waals surface area contributed by atoms with Crippen LogP contribution in [0, 0.1) is 0 Å². The van der Waals surface area contributed by atoms with Crippen molar-refractivity contribution in [2.24, 2.45) is 0 Å². The number of hydrogen-bond donors (Lipinski definition) is 4. The van der Waals surface area contributed by atoms with E-state index in [0.717, 1.165) is 5.56 Å². The molecule has 4 heteroatoms. The average Bonchev–Trinajstić information content (AvgIpc) is 2.32. The number of aromatic hydroxyl groups is 2. The fourth-order valence-electron chi connectivity index (χ4n) is 1.53. The first-order valence-corrected chi connectivity index (χ1v) is 5.26. The van der Waals surface area contributed by atoms with Crippen molar-refractivity contribution in [2.45, 2.75) is 6.54 Å². The van der Waals surface area contributed by atoms with E-state index in [-0.39, 0.29) is 11.5 Å². The zero-order valence-corrected chi connectivity index (χ0v) is 9.22. The van der Waals surface area contributed by atoms with Crippen molar-refractivity contribution < 1.29 is 10.2 Å². The third-order valence-corrected chi connectivity index (χ3v) is 2.48. The zero-order valence-electron chi connectivity index (χ0n) is 9.22. The number of nitrogen functional groups attached to an aromatic ring is 1. The Kier molecular flexibility index (Phi) is 3.05. The quantitative estimate of drug-likeness (QED) is 0.482. The lowest BCUT2D eigenvalue weighted by molar-refractivity contribution is 0.476. The molecule has 5 N–H and O–H groups in total. The summed E-state index contributed by atoms with van der Waals surface area (Å²) in [6, 6.07) is 12.0. The van der Waals surface area contributed by atoms with Gasteiger partial charge in [-0.25, -0.2) is 0 Å². The molecule has 2 aromatic rings. The second kappa shape index (κ2) is 4.65. The van der Waals surface area contributed by atoms with Gasteiger partial charge in [-0.05, 0) is 29.8 Å². The van der Waals surface area contributed by atoms with Crippen LogP contribution in [0.5, 0.6) is 11.5 Å². The monoisotopic (exact) mass is 230 g/mol. The van der Waals surface area contributed by atoms with Crippen LogP contribution >= 0.6 is 0 Å². The van der Waals surface area contributed by atoms with Gasteiger partial charge in [-0.3, -0.25) is 0 Å². The first kappa shape index (κ1) is 11.1. The lowest BCUT2D eigenvalue weighted by Crippen LogP contribution is -2.00. The Balaban J connectivity index is 2.08. The summed E-state index contributed by atoms with van der Waals surface area (Å²) in [5.74, 6) is 0.288. The lowest BCUT2D eigenvalue weighted by Gasteiger charge is -2.09. The zero-order chi connectivity index (χ0) is 12.3. The highest BCUT2D eigenvalue weighted by molar-refractivity contribution is 5.57. The molecule has 17 heavy (non-hydrogen) atoms. The normalized spacial score (nSPS) is 10.1. The first-order chi connectivity index (χ1) is 8.16. The highest BCUT2D eigenvalue weighted by Gasteiger charge is 2.01. The van der Waals surface area contributed by atoms with Gasteiger partial charge in [-0.2, -0.15) is 0 Å². The maximum atomic E-state index is 9.56. The van der Waals surface area contributed by atoms with Crippen molar-refractivity contribution in [3.8, 4) is 11.5 Å². The van der Waals surface area contributed by atoms with Gasteiger partial charge in [0.15, 0.2) is 0 Å². The largest absolute Gasteiger partial charge is 0.506 e. The second-order valence-corrected chi connectivity index (χ2v) is 3.76. The van der Waals surface area contributed by atoms with Gasteiger partial charge in [0.05, 0.1) is 11.4 Å². The number of phenols is 2. The van der Waals surface area contributed by atoms with Gasteiger partial charge in [0.25, 0.3) is 0 Å². The van der Waals surface area contributed by atoms with Crippen LogP contribution in [-0.2, 0) is 6.54 Å². The molecule has 2 aromatic carbocycles. The van der Waals surface area contributed by atoms with Crippen LogP contribution in [0.15, 0.2) is 42.5 Å². The number of nitrogens with two attached hydrogens (primary N) is 1. The molecule has 0 fully saturated rings. The predicted octanol–water partition coefficient (Wildman–Crippen LogP) is 2.29. The summed E-state index contributed by atoms with van der Waals surface area (Å²) in [5, 5.41) is 21.9. The lowest BCUT2D eigenvalue weighted by atomic mass is 10.2. The minimum atomic E-state index is 0.0799. The first-order valence-electron chi connectivity index (χ1n) is 5.26. The van der Waals surface area contributed by atoms with Crippen molar-refractivity contribution in [2.75, 3.05) is 11.1 Å². The smallest absolute Gasteiger partial charge is 0.138 e. The van der Waals surface area contributed by atoms with Crippen molar-refractivity contribution in [3.05, 3.63) is 48.0 Å². The van der Waals surface area contributed by atoms with Gasteiger partial charge >= 0.3 is 0 Å². The van der Waals surface area contributed by atoms with Gasteiger partial charge in [-0.15, -0.1) is 0 Å². The van der Waals surface area contributed by atoms with Crippen molar-refractivity contribution in [1.82, 2.24) is 0 Å². The second-order valence-electron chi connectivity index (χ2n) is 3.76. The molecule has 0 bridgehead atoms. The highest BCUT2D eigenvalue weighted by atomic mass is 16.3. The summed E-state index contributed by atoms with van der Waals surface area (Å²) in [7, 11) is 0. The van der Waals surface area contributed by atoms with Crippen LogP contribution < -0.4 is 11.1 Å². The molecule has 0 spiro atoms. The number of para-hydroxylation sites is 2. The van der Waals surface area contributed by atoms with Crippen LogP contribution in [0.3, 0.4) is 0 Å². The Morgan fingerprint density at radius 1 is 1.00 bits per heavy atom. The molecule has 0 aromatic heterocycles. The molecule has 0 amide bonds. The van der Waals surface area contributed by atoms with Crippen molar-refractivity contribution in [1.29, 1.82) is 0 Å². The van der Waals surface area contributed by atoms with Crippen molar-refractivity contribution in [3.63, 3.8) is 0 Å². The maximum absolute atomic E-state index is 9.56. The Morgan fingerprint density at radius 2 is 1.76 bits per heavy atom. The predicted molar refractivity (Wildman–Crippen MR) is 68.0 cm³/mol. The Labute approximate surface area is 99.3 Å². The molecular formula is C13H14N2O2. The number of benzene rings is 2. The van der Waals surface area contributed by atoms with Crippen LogP contribution in [0.4, 0.5) is 11.4 Å². The molecule has 0 unspecified atom stereocenters. The Morgan fingerprint density at radius 3 is 2.47 bits per heavy atom. The molecule has 4 nitrogen and oxygen atoms in total. The molecule has 0 atom stereocenters. The SMILES string of the molecule is Nc1cc(CNc2ccccc2O)ccc1O. The van der Waals surface area contributed by atoms with E-state index in [1.165, 1.54) is 0 Å². The van der Waals surface area contributed by atoms with Gasteiger partial charge < -0.3 is 21.3 Å². The molecule has 0 aliphatic carbocycles. The minimum absolute atomic E-state index is 0.0799. The van der Waals surface area contributed by atoms with Gasteiger partial charge in [0.1, 0.15) is 11.5 Å². The molecule has 0 aliphatic rings. The number of hydrogen-bond acceptors (Lipinski definition) is 4. The number of rotatable bonds is 3. The van der Waals surface area contributed by atoms with E-state index in [9.17, 15) is 10.2 Å². The fourth-order valence-corrected chi connectivity index (χ4v) is 1.53. The molecule has 0 radical (unpaired) electrons. The molecule has 0 heterocycles. The van der Waals surface area contributed by atoms with E-state index in [2.05, 4.69) is 5.32 Å². The van der Waals surface area contributed by atoms with Gasteiger partial charge in [0.2, 0.25) is 0 Å². The summed E-state index contributed by atoms with van der Waals surface area (Å²) in [6.45, 7) is 0.530. The van der Waals surface area contributed by atoms with Crippen molar-refractivity contribution >= 4 is 11.4 Å². The van der Waals surface area contributed by atoms with Crippen LogP contribution in [0.2, 0.25) is 0 Å². The summed E-state index contributed by atoms with van der Waals surface area (Å²) >= 11 is 0. The third kappa shape index (κ3) is 2.60. The maximum Gasteiger partial charge on any atom is 0.138 e. The standard InChI is InChI=1S/C13H14N2O2/c14-10-7-9(5-6-12(10)16)8-15-11-3-1-2-4-13(11)17/h1-7,15-17H,8,14H2. The van der Waals surface area contributed by atoms with Gasteiger partial charge in [-0.1, -0.05) is 18.2 Å². The van der Waals surface area contributed by atoms with E-state index in [4.69, 9.17) is 5.73 Å². The molecular weight excluding hydrogens is 216 g/mol. The molecule has 0 saturated heterocycles. The van der Waals surface area contributed by atoms with Crippen LogP contribution in [0.1, 0.15) is 5.56 Å².